The lowest BCUT2D eigenvalue weighted by atomic mass is 9.78. The molecule has 1 aromatic rings. The number of hydrogen-bond acceptors (Lipinski definition) is 5. The Morgan fingerprint density at radius 1 is 1.32 bits per heavy atom. The van der Waals surface area contributed by atoms with Crippen LogP contribution in [-0.4, -0.2) is 27.6 Å². The standard InChI is InChI=1S/C15H17NO6/c1-3-13(18)15(12(9(2)17)8-14(19)20)10-5-4-6-11(7-10)16(21)22/h4-7,12,15H,3,8H2,1-2H3,(H,19,20). The number of benzene rings is 1. The fraction of sp³-hybridized carbons (Fsp3) is 0.400. The van der Waals surface area contributed by atoms with Crippen LogP contribution in [0.2, 0.25) is 0 Å². The van der Waals surface area contributed by atoms with Gasteiger partial charge >= 0.3 is 5.97 Å². The van der Waals surface area contributed by atoms with Crippen LogP contribution >= 0.6 is 0 Å². The van der Waals surface area contributed by atoms with E-state index < -0.39 is 34.9 Å². The fourth-order valence-electron chi connectivity index (χ4n) is 2.38. The van der Waals surface area contributed by atoms with Crippen LogP contribution in [0.4, 0.5) is 5.69 Å². The Hall–Kier alpha value is -2.57. The smallest absolute Gasteiger partial charge is 0.304 e. The molecule has 118 valence electrons. The number of ketones is 2. The average Bonchev–Trinajstić information content (AvgIpc) is 2.46. The minimum Gasteiger partial charge on any atom is -0.481 e. The second-order valence-corrected chi connectivity index (χ2v) is 4.96. The second-order valence-electron chi connectivity index (χ2n) is 4.96. The maximum Gasteiger partial charge on any atom is 0.304 e. The lowest BCUT2D eigenvalue weighted by molar-refractivity contribution is -0.384. The molecule has 0 heterocycles. The van der Waals surface area contributed by atoms with E-state index in [4.69, 9.17) is 5.11 Å². The summed E-state index contributed by atoms with van der Waals surface area (Å²) < 4.78 is 0. The zero-order valence-corrected chi connectivity index (χ0v) is 12.3. The van der Waals surface area contributed by atoms with Gasteiger partial charge in [0.05, 0.1) is 17.3 Å². The number of carboxylic acid groups (broad SMARTS) is 1. The second kappa shape index (κ2) is 7.44. The van der Waals surface area contributed by atoms with E-state index in [1.807, 2.05) is 0 Å². The minimum absolute atomic E-state index is 0.108. The number of nitro groups is 1. The van der Waals surface area contributed by atoms with Gasteiger partial charge in [0, 0.05) is 24.5 Å². The zero-order chi connectivity index (χ0) is 16.9. The third-order valence-corrected chi connectivity index (χ3v) is 3.45. The first-order valence-corrected chi connectivity index (χ1v) is 6.77. The van der Waals surface area contributed by atoms with Crippen molar-refractivity contribution in [2.45, 2.75) is 32.6 Å². The van der Waals surface area contributed by atoms with Gasteiger partial charge in [-0.3, -0.25) is 24.5 Å². The van der Waals surface area contributed by atoms with Gasteiger partial charge in [-0.05, 0) is 12.5 Å². The molecule has 0 aliphatic carbocycles. The summed E-state index contributed by atoms with van der Waals surface area (Å²) in [6.07, 6.45) is -0.384. The number of aliphatic carboxylic acids is 1. The van der Waals surface area contributed by atoms with Crippen molar-refractivity contribution < 1.29 is 24.4 Å². The number of non-ortho nitro benzene ring substituents is 1. The molecule has 7 heteroatoms. The third-order valence-electron chi connectivity index (χ3n) is 3.45. The van der Waals surface area contributed by atoms with Crippen molar-refractivity contribution in [3.05, 3.63) is 39.9 Å². The van der Waals surface area contributed by atoms with Crippen molar-refractivity contribution >= 4 is 23.2 Å². The zero-order valence-electron chi connectivity index (χ0n) is 12.3. The Labute approximate surface area is 127 Å². The Morgan fingerprint density at radius 3 is 2.41 bits per heavy atom. The molecule has 0 amide bonds. The van der Waals surface area contributed by atoms with Crippen molar-refractivity contribution in [1.29, 1.82) is 0 Å². The average molecular weight is 307 g/mol. The van der Waals surface area contributed by atoms with E-state index >= 15 is 0 Å². The first-order valence-electron chi connectivity index (χ1n) is 6.77. The van der Waals surface area contributed by atoms with Crippen molar-refractivity contribution in [1.82, 2.24) is 0 Å². The molecule has 22 heavy (non-hydrogen) atoms. The molecule has 0 radical (unpaired) electrons. The maximum atomic E-state index is 12.2. The van der Waals surface area contributed by atoms with E-state index in [2.05, 4.69) is 0 Å². The summed E-state index contributed by atoms with van der Waals surface area (Å²) in [5.74, 6) is -3.97. The van der Waals surface area contributed by atoms with Crippen molar-refractivity contribution in [3.63, 3.8) is 0 Å². The molecule has 1 aromatic carbocycles. The number of hydrogen-bond donors (Lipinski definition) is 1. The number of nitro benzene ring substituents is 1. The highest BCUT2D eigenvalue weighted by molar-refractivity contribution is 5.94. The monoisotopic (exact) mass is 307 g/mol. The van der Waals surface area contributed by atoms with Crippen LogP contribution in [0.1, 0.15) is 38.2 Å². The van der Waals surface area contributed by atoms with Crippen LogP contribution in [-0.2, 0) is 14.4 Å². The van der Waals surface area contributed by atoms with Crippen molar-refractivity contribution in [2.75, 3.05) is 0 Å². The summed E-state index contributed by atoms with van der Waals surface area (Å²) in [5, 5.41) is 19.8. The van der Waals surface area contributed by atoms with Crippen LogP contribution in [0.25, 0.3) is 0 Å². The van der Waals surface area contributed by atoms with Crippen molar-refractivity contribution in [2.24, 2.45) is 5.92 Å². The lowest BCUT2D eigenvalue weighted by Gasteiger charge is -2.23. The number of rotatable bonds is 8. The Balaban J connectivity index is 3.35. The topological polar surface area (TPSA) is 115 Å². The third kappa shape index (κ3) is 4.21. The van der Waals surface area contributed by atoms with E-state index in [-0.39, 0.29) is 17.9 Å². The number of carbonyl (C=O) groups excluding carboxylic acids is 2. The van der Waals surface area contributed by atoms with Gasteiger partial charge in [-0.1, -0.05) is 19.1 Å². The highest BCUT2D eigenvalue weighted by Gasteiger charge is 2.34. The van der Waals surface area contributed by atoms with Crippen LogP contribution in [0, 0.1) is 16.0 Å². The van der Waals surface area contributed by atoms with Crippen LogP contribution < -0.4 is 0 Å². The molecule has 2 atom stereocenters. The molecule has 0 saturated carbocycles. The van der Waals surface area contributed by atoms with Crippen LogP contribution in [0.5, 0.6) is 0 Å². The summed E-state index contributed by atoms with van der Waals surface area (Å²) >= 11 is 0. The lowest BCUT2D eigenvalue weighted by Crippen LogP contribution is -2.29. The molecule has 0 bridgehead atoms. The van der Waals surface area contributed by atoms with E-state index in [0.29, 0.717) is 5.56 Å². The van der Waals surface area contributed by atoms with Crippen LogP contribution in [0.15, 0.2) is 24.3 Å². The van der Waals surface area contributed by atoms with Gasteiger partial charge in [0.15, 0.2) is 0 Å². The van der Waals surface area contributed by atoms with E-state index in [0.717, 1.165) is 0 Å². The molecular formula is C15H17NO6. The summed E-state index contributed by atoms with van der Waals surface area (Å²) in [6, 6.07) is 5.41. The first-order chi connectivity index (χ1) is 10.3. The summed E-state index contributed by atoms with van der Waals surface area (Å²) in [4.78, 5) is 45.2. The van der Waals surface area contributed by atoms with Crippen LogP contribution in [0.3, 0.4) is 0 Å². The predicted octanol–water partition coefficient (Wildman–Crippen LogP) is 2.34. The molecule has 1 N–H and O–H groups in total. The van der Waals surface area contributed by atoms with Crippen molar-refractivity contribution in [3.8, 4) is 0 Å². The quantitative estimate of drug-likeness (QED) is 0.582. The molecule has 0 aromatic heterocycles. The number of carboxylic acids is 1. The highest BCUT2D eigenvalue weighted by Crippen LogP contribution is 2.32. The van der Waals surface area contributed by atoms with Gasteiger partial charge in [0.1, 0.15) is 11.6 Å². The number of Topliss-reactive ketones (excluding diaryl/α,β-unsaturated/α-hetero) is 2. The van der Waals surface area contributed by atoms with Gasteiger partial charge < -0.3 is 5.11 Å². The summed E-state index contributed by atoms with van der Waals surface area (Å²) in [6.45, 7) is 2.82. The normalized spacial score (nSPS) is 13.2. The van der Waals surface area contributed by atoms with E-state index in [1.165, 1.54) is 31.2 Å². The molecule has 0 aliphatic rings. The Kier molecular flexibility index (Phi) is 5.91. The first kappa shape index (κ1) is 17.5. The van der Waals surface area contributed by atoms with Gasteiger partial charge in [-0.2, -0.15) is 0 Å². The summed E-state index contributed by atoms with van der Waals surface area (Å²) in [5.41, 5.74) is 0.0894. The Morgan fingerprint density at radius 2 is 1.95 bits per heavy atom. The van der Waals surface area contributed by atoms with Gasteiger partial charge in [0.2, 0.25) is 0 Å². The molecule has 0 aliphatic heterocycles. The Bertz CT molecular complexity index is 610. The SMILES string of the molecule is CCC(=O)C(c1cccc([N+](=O)[O-])c1)C(CC(=O)O)C(C)=O. The predicted molar refractivity (Wildman–Crippen MR) is 77.6 cm³/mol. The number of nitrogens with zero attached hydrogens (tertiary/aromatic N) is 1. The maximum absolute atomic E-state index is 12.2. The number of carbonyl (C=O) groups is 3. The van der Waals surface area contributed by atoms with E-state index in [1.54, 1.807) is 6.92 Å². The molecule has 0 saturated heterocycles. The van der Waals surface area contributed by atoms with Gasteiger partial charge in [-0.25, -0.2) is 0 Å². The molecule has 1 rings (SSSR count). The minimum atomic E-state index is -1.19. The van der Waals surface area contributed by atoms with Gasteiger partial charge in [-0.15, -0.1) is 0 Å². The molecule has 0 spiro atoms. The van der Waals surface area contributed by atoms with E-state index in [9.17, 15) is 24.5 Å². The molecule has 7 nitrogen and oxygen atoms in total. The van der Waals surface area contributed by atoms with Gasteiger partial charge in [0.25, 0.3) is 5.69 Å². The molecule has 0 fully saturated rings. The molecule has 2 unspecified atom stereocenters. The summed E-state index contributed by atoms with van der Waals surface area (Å²) in [7, 11) is 0. The highest BCUT2D eigenvalue weighted by atomic mass is 16.6. The fourth-order valence-corrected chi connectivity index (χ4v) is 2.38. The molecular weight excluding hydrogens is 290 g/mol. The largest absolute Gasteiger partial charge is 0.481 e.